The molecule has 0 radical (unpaired) electrons. The van der Waals surface area contributed by atoms with Gasteiger partial charge in [0, 0.05) is 21.2 Å². The lowest BCUT2D eigenvalue weighted by molar-refractivity contribution is -0.113. The van der Waals surface area contributed by atoms with Gasteiger partial charge in [-0.2, -0.15) is 4.68 Å². The lowest BCUT2D eigenvalue weighted by Crippen LogP contribution is -2.30. The average Bonchev–Trinajstić information content (AvgIpc) is 3.46. The molecule has 5 aromatic rings. The minimum Gasteiger partial charge on any atom is -0.321 e. The van der Waals surface area contributed by atoms with E-state index in [1.165, 1.54) is 0 Å². The van der Waals surface area contributed by atoms with Crippen molar-refractivity contribution in [2.24, 2.45) is 0 Å². The van der Waals surface area contributed by atoms with E-state index in [2.05, 4.69) is 26.2 Å². The summed E-state index contributed by atoms with van der Waals surface area (Å²) in [6.07, 6.45) is 1.59. The molecule has 5 rings (SSSR count). The Morgan fingerprint density at radius 2 is 1.60 bits per heavy atom. The molecule has 198 valence electrons. The highest BCUT2D eigenvalue weighted by Crippen LogP contribution is 2.24. The number of amides is 2. The normalized spacial score (nSPS) is 11.2. The summed E-state index contributed by atoms with van der Waals surface area (Å²) in [7, 11) is 0. The number of hydrogen-bond acceptors (Lipinski definition) is 6. The molecule has 0 spiro atoms. The van der Waals surface area contributed by atoms with Gasteiger partial charge in [0.25, 0.3) is 11.8 Å². The largest absolute Gasteiger partial charge is 0.321 e. The molecule has 0 fully saturated rings. The number of aromatic nitrogens is 4. The number of carbonyl (C=O) groups excluding carboxylic acids is 2. The summed E-state index contributed by atoms with van der Waals surface area (Å²) >= 11 is 7.69. The predicted molar refractivity (Wildman–Crippen MR) is 157 cm³/mol. The van der Waals surface area contributed by atoms with Crippen LogP contribution in [0.25, 0.3) is 11.8 Å². The summed E-state index contributed by atoms with van der Waals surface area (Å²) in [5, 5.41) is 18.2. The van der Waals surface area contributed by atoms with Crippen molar-refractivity contribution in [3.8, 4) is 5.69 Å². The summed E-state index contributed by atoms with van der Waals surface area (Å²) < 4.78 is 1.71. The number of para-hydroxylation sites is 1. The molecular formula is C30H23ClN6O2S. The van der Waals surface area contributed by atoms with Crippen LogP contribution in [0.2, 0.25) is 5.02 Å². The standard InChI is InChI=1S/C30H23ClN6O2S/c31-23-11-7-8-21(18-23)19-27(33-29(38)22-9-3-1-4-10-22)30(39)32-24-14-16-26(17-15-24)40-20-28-34-35-36-37(28)25-12-5-2-6-13-25/h1-19H,20H2,(H,32,39)(H,33,38)/b27-19-. The highest BCUT2D eigenvalue weighted by Gasteiger charge is 2.15. The van der Waals surface area contributed by atoms with E-state index in [0.29, 0.717) is 27.6 Å². The topological polar surface area (TPSA) is 102 Å². The molecular weight excluding hydrogens is 544 g/mol. The van der Waals surface area contributed by atoms with Crippen LogP contribution < -0.4 is 10.6 Å². The van der Waals surface area contributed by atoms with Gasteiger partial charge in [-0.1, -0.05) is 60.1 Å². The number of halogens is 1. The fourth-order valence-corrected chi connectivity index (χ4v) is 4.75. The zero-order valence-corrected chi connectivity index (χ0v) is 22.6. The molecule has 0 saturated carbocycles. The predicted octanol–water partition coefficient (Wildman–Crippen LogP) is 6.02. The van der Waals surface area contributed by atoms with Crippen molar-refractivity contribution < 1.29 is 9.59 Å². The maximum atomic E-state index is 13.2. The van der Waals surface area contributed by atoms with E-state index < -0.39 is 11.8 Å². The first-order valence-electron chi connectivity index (χ1n) is 12.3. The Bertz CT molecular complexity index is 1640. The van der Waals surface area contributed by atoms with Crippen LogP contribution in [-0.2, 0) is 10.5 Å². The molecule has 0 aliphatic carbocycles. The summed E-state index contributed by atoms with van der Waals surface area (Å²) in [5.41, 5.74) is 2.67. The average molecular weight is 567 g/mol. The van der Waals surface area contributed by atoms with Crippen molar-refractivity contribution in [3.63, 3.8) is 0 Å². The highest BCUT2D eigenvalue weighted by atomic mass is 35.5. The second-order valence-corrected chi connectivity index (χ2v) is 10.0. The summed E-state index contributed by atoms with van der Waals surface area (Å²) in [4.78, 5) is 27.1. The fourth-order valence-electron chi connectivity index (χ4n) is 3.75. The maximum absolute atomic E-state index is 13.2. The van der Waals surface area contributed by atoms with E-state index in [9.17, 15) is 9.59 Å². The number of anilines is 1. The first-order chi connectivity index (χ1) is 19.5. The number of thioether (sulfide) groups is 1. The van der Waals surface area contributed by atoms with Gasteiger partial charge in [0.1, 0.15) is 5.70 Å². The van der Waals surface area contributed by atoms with Gasteiger partial charge in [-0.15, -0.1) is 16.9 Å². The number of carbonyl (C=O) groups is 2. The van der Waals surface area contributed by atoms with E-state index in [1.54, 1.807) is 83.2 Å². The summed E-state index contributed by atoms with van der Waals surface area (Å²) in [5.74, 6) is 0.421. The number of nitrogens with one attached hydrogen (secondary N) is 2. The Kier molecular flexibility index (Phi) is 8.65. The van der Waals surface area contributed by atoms with Gasteiger partial charge in [-0.25, -0.2) is 0 Å². The zero-order chi connectivity index (χ0) is 27.7. The zero-order valence-electron chi connectivity index (χ0n) is 21.1. The lowest BCUT2D eigenvalue weighted by atomic mass is 10.1. The van der Waals surface area contributed by atoms with Crippen LogP contribution in [0.15, 0.2) is 120 Å². The molecule has 0 saturated heterocycles. The second kappa shape index (κ2) is 12.9. The first-order valence-corrected chi connectivity index (χ1v) is 13.6. The number of rotatable bonds is 9. The third-order valence-corrected chi connectivity index (χ3v) is 6.95. The molecule has 2 N–H and O–H groups in total. The van der Waals surface area contributed by atoms with E-state index >= 15 is 0 Å². The van der Waals surface area contributed by atoms with Crippen molar-refractivity contribution in [1.29, 1.82) is 0 Å². The quantitative estimate of drug-likeness (QED) is 0.167. The third kappa shape index (κ3) is 7.02. The van der Waals surface area contributed by atoms with Crippen molar-refractivity contribution in [2.45, 2.75) is 10.6 Å². The van der Waals surface area contributed by atoms with Crippen molar-refractivity contribution in [3.05, 3.63) is 137 Å². The van der Waals surface area contributed by atoms with Crippen LogP contribution in [0.4, 0.5) is 5.69 Å². The SMILES string of the molecule is O=C(Nc1ccc(SCc2nnnn2-c2ccccc2)cc1)/C(=C/c1cccc(Cl)c1)NC(=O)c1ccccc1. The Morgan fingerprint density at radius 3 is 2.33 bits per heavy atom. The molecule has 0 aliphatic heterocycles. The maximum Gasteiger partial charge on any atom is 0.272 e. The number of tetrazole rings is 1. The van der Waals surface area contributed by atoms with Gasteiger partial charge < -0.3 is 10.6 Å². The second-order valence-electron chi connectivity index (χ2n) is 8.54. The van der Waals surface area contributed by atoms with E-state index in [4.69, 9.17) is 11.6 Å². The molecule has 10 heteroatoms. The minimum absolute atomic E-state index is 0.0855. The van der Waals surface area contributed by atoms with Gasteiger partial charge in [0.15, 0.2) is 5.82 Å². The minimum atomic E-state index is -0.466. The lowest BCUT2D eigenvalue weighted by Gasteiger charge is -2.12. The van der Waals surface area contributed by atoms with Crippen LogP contribution in [0, 0.1) is 0 Å². The van der Waals surface area contributed by atoms with Crippen LogP contribution in [0.5, 0.6) is 0 Å². The van der Waals surface area contributed by atoms with E-state index in [0.717, 1.165) is 16.4 Å². The molecule has 40 heavy (non-hydrogen) atoms. The molecule has 1 aromatic heterocycles. The summed E-state index contributed by atoms with van der Waals surface area (Å²) in [6.45, 7) is 0. The molecule has 0 atom stereocenters. The molecule has 1 heterocycles. The molecule has 8 nitrogen and oxygen atoms in total. The molecule has 4 aromatic carbocycles. The molecule has 0 unspecified atom stereocenters. The van der Waals surface area contributed by atoms with Crippen LogP contribution in [-0.4, -0.2) is 32.0 Å². The Balaban J connectivity index is 1.27. The Labute approximate surface area is 240 Å². The smallest absolute Gasteiger partial charge is 0.272 e. The van der Waals surface area contributed by atoms with Gasteiger partial charge >= 0.3 is 0 Å². The van der Waals surface area contributed by atoms with Gasteiger partial charge in [-0.05, 0) is 82.7 Å². The molecule has 2 amide bonds. The van der Waals surface area contributed by atoms with Gasteiger partial charge in [-0.3, -0.25) is 9.59 Å². The fraction of sp³-hybridized carbons (Fsp3) is 0.0333. The number of benzene rings is 4. The van der Waals surface area contributed by atoms with Crippen molar-refractivity contribution >= 4 is 46.9 Å². The van der Waals surface area contributed by atoms with Crippen LogP contribution >= 0.6 is 23.4 Å². The van der Waals surface area contributed by atoms with Gasteiger partial charge in [0.2, 0.25) is 0 Å². The van der Waals surface area contributed by atoms with Crippen LogP contribution in [0.1, 0.15) is 21.7 Å². The number of hydrogen-bond donors (Lipinski definition) is 2. The Morgan fingerprint density at radius 1 is 0.875 bits per heavy atom. The third-order valence-electron chi connectivity index (χ3n) is 5.70. The highest BCUT2D eigenvalue weighted by molar-refractivity contribution is 7.98. The summed E-state index contributed by atoms with van der Waals surface area (Å²) in [6, 6.07) is 32.8. The van der Waals surface area contributed by atoms with Crippen LogP contribution in [0.3, 0.4) is 0 Å². The number of nitrogens with zero attached hydrogens (tertiary/aromatic N) is 4. The van der Waals surface area contributed by atoms with Gasteiger partial charge in [0.05, 0.1) is 11.4 Å². The van der Waals surface area contributed by atoms with E-state index in [1.807, 2.05) is 48.5 Å². The first kappa shape index (κ1) is 26.9. The Hall–Kier alpha value is -4.73. The van der Waals surface area contributed by atoms with E-state index in [-0.39, 0.29) is 5.70 Å². The monoisotopic (exact) mass is 566 g/mol. The molecule has 0 bridgehead atoms. The van der Waals surface area contributed by atoms with Crippen molar-refractivity contribution in [2.75, 3.05) is 5.32 Å². The molecule has 0 aliphatic rings. The van der Waals surface area contributed by atoms with Crippen molar-refractivity contribution in [1.82, 2.24) is 25.5 Å².